The second-order valence-corrected chi connectivity index (χ2v) is 9.54. The Balaban J connectivity index is 2.02. The van der Waals surface area contributed by atoms with Gasteiger partial charge in [-0.05, 0) is 38.1 Å². The number of nitro groups is 1. The van der Waals surface area contributed by atoms with E-state index in [0.717, 1.165) is 6.07 Å². The Morgan fingerprint density at radius 3 is 2.47 bits per heavy atom. The molecule has 0 saturated heterocycles. The van der Waals surface area contributed by atoms with E-state index in [0.29, 0.717) is 11.4 Å². The van der Waals surface area contributed by atoms with Gasteiger partial charge in [-0.2, -0.15) is 5.26 Å². The van der Waals surface area contributed by atoms with Crippen molar-refractivity contribution in [3.63, 3.8) is 0 Å². The van der Waals surface area contributed by atoms with Crippen LogP contribution >= 0.6 is 0 Å². The molecule has 0 spiro atoms. The maximum absolute atomic E-state index is 13.1. The molecule has 3 rings (SSSR count). The van der Waals surface area contributed by atoms with Gasteiger partial charge in [0, 0.05) is 26.7 Å². The number of hydrogen-bond donors (Lipinski definition) is 1. The molecule has 0 bridgehead atoms. The zero-order chi connectivity index (χ0) is 25.2. The molecule has 0 amide bonds. The Bertz CT molecular complexity index is 1440. The number of nitrogens with zero attached hydrogens (tertiary/aromatic N) is 5. The SMILES string of the molecule is Cc1c(NS(=O)(=O)c2ccc(N(C)C[C@H](C)C#N)c([N+](=O)[O-])c2)c(=O)n(-c2ccccc2)n1C. The molecule has 1 atom stereocenters. The molecule has 0 saturated carbocycles. The normalized spacial score (nSPS) is 12.1. The summed E-state index contributed by atoms with van der Waals surface area (Å²) in [7, 11) is -1.11. The van der Waals surface area contributed by atoms with Crippen LogP contribution in [0.3, 0.4) is 0 Å². The molecule has 1 N–H and O–H groups in total. The lowest BCUT2D eigenvalue weighted by molar-refractivity contribution is -0.384. The predicted molar refractivity (Wildman–Crippen MR) is 128 cm³/mol. The van der Waals surface area contributed by atoms with Crippen molar-refractivity contribution in [2.24, 2.45) is 13.0 Å². The minimum Gasteiger partial charge on any atom is -0.368 e. The minimum absolute atomic E-state index is 0.155. The van der Waals surface area contributed by atoms with Crippen molar-refractivity contribution in [3.8, 4) is 11.8 Å². The molecule has 34 heavy (non-hydrogen) atoms. The van der Waals surface area contributed by atoms with Gasteiger partial charge in [0.05, 0.1) is 33.2 Å². The monoisotopic (exact) mass is 484 g/mol. The highest BCUT2D eigenvalue weighted by atomic mass is 32.2. The third kappa shape index (κ3) is 4.65. The summed E-state index contributed by atoms with van der Waals surface area (Å²) in [5.74, 6) is -0.387. The van der Waals surface area contributed by atoms with Crippen molar-refractivity contribution >= 4 is 27.1 Å². The molecular weight excluding hydrogens is 460 g/mol. The van der Waals surface area contributed by atoms with E-state index < -0.39 is 26.2 Å². The molecule has 1 heterocycles. The number of anilines is 2. The highest BCUT2D eigenvalue weighted by Crippen LogP contribution is 2.31. The van der Waals surface area contributed by atoms with Crippen molar-refractivity contribution in [1.82, 2.24) is 9.36 Å². The fourth-order valence-corrected chi connectivity index (χ4v) is 4.70. The maximum Gasteiger partial charge on any atom is 0.296 e. The highest BCUT2D eigenvalue weighted by Gasteiger charge is 2.26. The first-order valence-electron chi connectivity index (χ1n) is 10.2. The summed E-state index contributed by atoms with van der Waals surface area (Å²) in [5, 5.41) is 20.7. The summed E-state index contributed by atoms with van der Waals surface area (Å²) in [6.45, 7) is 3.50. The molecule has 12 heteroatoms. The first kappa shape index (κ1) is 24.5. The van der Waals surface area contributed by atoms with E-state index in [4.69, 9.17) is 5.26 Å². The van der Waals surface area contributed by atoms with Gasteiger partial charge in [-0.15, -0.1) is 0 Å². The Morgan fingerprint density at radius 1 is 1.24 bits per heavy atom. The fourth-order valence-electron chi connectivity index (χ4n) is 3.57. The molecule has 2 aromatic carbocycles. The fraction of sp³-hybridized carbons (Fsp3) is 0.273. The molecule has 178 valence electrons. The van der Waals surface area contributed by atoms with Crippen LogP contribution in [0.4, 0.5) is 17.1 Å². The largest absolute Gasteiger partial charge is 0.368 e. The molecule has 0 radical (unpaired) electrons. The van der Waals surface area contributed by atoms with E-state index in [1.807, 2.05) is 0 Å². The van der Waals surface area contributed by atoms with Gasteiger partial charge in [0.25, 0.3) is 21.3 Å². The highest BCUT2D eigenvalue weighted by molar-refractivity contribution is 7.92. The first-order valence-corrected chi connectivity index (χ1v) is 11.7. The number of sulfonamides is 1. The molecule has 3 aromatic rings. The van der Waals surface area contributed by atoms with Crippen LogP contribution in [0.25, 0.3) is 5.69 Å². The third-order valence-electron chi connectivity index (χ3n) is 5.42. The second kappa shape index (κ2) is 9.40. The van der Waals surface area contributed by atoms with E-state index in [9.17, 15) is 23.3 Å². The molecule has 0 unspecified atom stereocenters. The van der Waals surface area contributed by atoms with Gasteiger partial charge >= 0.3 is 0 Å². The number of nitrogens with one attached hydrogen (secondary N) is 1. The van der Waals surface area contributed by atoms with E-state index >= 15 is 0 Å². The summed E-state index contributed by atoms with van der Waals surface area (Å²) in [6, 6.07) is 14.3. The van der Waals surface area contributed by atoms with Gasteiger partial charge in [-0.25, -0.2) is 13.1 Å². The van der Waals surface area contributed by atoms with Crippen LogP contribution in [0.1, 0.15) is 12.6 Å². The number of benzene rings is 2. The predicted octanol–water partition coefficient (Wildman–Crippen LogP) is 2.79. The number of nitro benzene ring substituents is 1. The van der Waals surface area contributed by atoms with Crippen molar-refractivity contribution in [3.05, 3.63) is 74.7 Å². The zero-order valence-electron chi connectivity index (χ0n) is 19.1. The Hall–Kier alpha value is -4.11. The van der Waals surface area contributed by atoms with Crippen molar-refractivity contribution < 1.29 is 13.3 Å². The molecule has 11 nitrogen and oxygen atoms in total. The average Bonchev–Trinajstić information content (AvgIpc) is 3.01. The summed E-state index contributed by atoms with van der Waals surface area (Å²) in [5.41, 5.74) is -0.0634. The first-order chi connectivity index (χ1) is 16.0. The van der Waals surface area contributed by atoms with Gasteiger partial charge in [0.2, 0.25) is 0 Å². The van der Waals surface area contributed by atoms with Gasteiger partial charge in [0.1, 0.15) is 11.4 Å². The molecule has 0 aliphatic rings. The number of rotatable bonds is 8. The average molecular weight is 485 g/mol. The van der Waals surface area contributed by atoms with E-state index in [1.54, 1.807) is 58.3 Å². The van der Waals surface area contributed by atoms with Crippen LogP contribution in [0, 0.1) is 34.3 Å². The molecule has 1 aromatic heterocycles. The molecule has 0 fully saturated rings. The van der Waals surface area contributed by atoms with Crippen molar-refractivity contribution in [1.29, 1.82) is 5.26 Å². The zero-order valence-corrected chi connectivity index (χ0v) is 19.9. The van der Waals surface area contributed by atoms with Crippen LogP contribution in [0.2, 0.25) is 0 Å². The number of nitriles is 1. The van der Waals surface area contributed by atoms with Crippen LogP contribution in [-0.2, 0) is 17.1 Å². The lowest BCUT2D eigenvalue weighted by Gasteiger charge is -2.20. The lowest BCUT2D eigenvalue weighted by Crippen LogP contribution is -2.25. The molecule has 0 aliphatic heterocycles. The van der Waals surface area contributed by atoms with E-state index in [2.05, 4.69) is 10.8 Å². The maximum atomic E-state index is 13.1. The van der Waals surface area contributed by atoms with Gasteiger partial charge in [0.15, 0.2) is 0 Å². The Labute approximate surface area is 196 Å². The number of aromatic nitrogens is 2. The number of hydrogen-bond acceptors (Lipinski definition) is 7. The van der Waals surface area contributed by atoms with Gasteiger partial charge in [-0.1, -0.05) is 18.2 Å². The van der Waals surface area contributed by atoms with Crippen LogP contribution in [-0.4, -0.2) is 36.3 Å². The van der Waals surface area contributed by atoms with Crippen LogP contribution in [0.15, 0.2) is 58.2 Å². The Morgan fingerprint density at radius 2 is 1.88 bits per heavy atom. The quantitative estimate of drug-likeness (QED) is 0.382. The third-order valence-corrected chi connectivity index (χ3v) is 6.77. The van der Waals surface area contributed by atoms with Gasteiger partial charge < -0.3 is 4.90 Å². The molecule has 0 aliphatic carbocycles. The van der Waals surface area contributed by atoms with Crippen molar-refractivity contribution in [2.75, 3.05) is 23.2 Å². The summed E-state index contributed by atoms with van der Waals surface area (Å²) >= 11 is 0. The van der Waals surface area contributed by atoms with Crippen molar-refractivity contribution in [2.45, 2.75) is 18.7 Å². The topological polar surface area (TPSA) is 143 Å². The van der Waals surface area contributed by atoms with E-state index in [-0.39, 0.29) is 28.7 Å². The summed E-state index contributed by atoms with van der Waals surface area (Å²) < 4.78 is 31.3. The van der Waals surface area contributed by atoms with Gasteiger partial charge in [-0.3, -0.25) is 24.3 Å². The number of para-hydroxylation sites is 1. The Kier molecular flexibility index (Phi) is 6.78. The van der Waals surface area contributed by atoms with Crippen LogP contribution < -0.4 is 15.2 Å². The summed E-state index contributed by atoms with van der Waals surface area (Å²) in [6.07, 6.45) is 0. The smallest absolute Gasteiger partial charge is 0.296 e. The molecular formula is C22H24N6O5S. The lowest BCUT2D eigenvalue weighted by atomic mass is 10.2. The summed E-state index contributed by atoms with van der Waals surface area (Å²) in [4.78, 5) is 25.2. The minimum atomic E-state index is -4.32. The standard InChI is InChI=1S/C22H24N6O5S/c1-15(13-23)14-25(3)19-11-10-18(12-20(19)28(30)31)34(32,33)24-21-16(2)26(4)27(22(21)29)17-8-6-5-7-9-17/h5-12,15,24H,14H2,1-4H3/t15-/m1/s1. The van der Waals surface area contributed by atoms with Crippen LogP contribution in [0.5, 0.6) is 0 Å². The van der Waals surface area contributed by atoms with E-state index in [1.165, 1.54) is 26.4 Å². The second-order valence-electron chi connectivity index (χ2n) is 7.86.